The van der Waals surface area contributed by atoms with Gasteiger partial charge in [-0.1, -0.05) is 25.5 Å². The lowest BCUT2D eigenvalue weighted by Gasteiger charge is -2.34. The molecule has 1 aromatic carbocycles. The second-order valence-electron chi connectivity index (χ2n) is 6.05. The molecular weight excluding hydrogens is 266 g/mol. The van der Waals surface area contributed by atoms with Gasteiger partial charge in [-0.15, -0.1) is 0 Å². The van der Waals surface area contributed by atoms with E-state index in [1.165, 1.54) is 0 Å². The number of para-hydroxylation sites is 1. The number of fused-ring (bicyclic) bond motifs is 1. The van der Waals surface area contributed by atoms with Crippen molar-refractivity contribution in [3.8, 4) is 5.75 Å². The van der Waals surface area contributed by atoms with E-state index in [1.807, 2.05) is 29.2 Å². The minimum atomic E-state index is -0.507. The maximum absolute atomic E-state index is 12.3. The molecule has 1 amide bonds. The van der Waals surface area contributed by atoms with Gasteiger partial charge >= 0.3 is 0 Å². The summed E-state index contributed by atoms with van der Waals surface area (Å²) in [6.45, 7) is 3.31. The third kappa shape index (κ3) is 2.67. The quantitative estimate of drug-likeness (QED) is 0.859. The lowest BCUT2D eigenvalue weighted by molar-refractivity contribution is -0.131. The zero-order chi connectivity index (χ0) is 14.9. The van der Waals surface area contributed by atoms with Gasteiger partial charge in [0.25, 0.3) is 0 Å². The molecule has 2 aliphatic rings. The summed E-state index contributed by atoms with van der Waals surface area (Å²) >= 11 is 0. The fraction of sp³-hybridized carbons (Fsp3) is 0.529. The van der Waals surface area contributed by atoms with Crippen LogP contribution in [0.3, 0.4) is 0 Å². The van der Waals surface area contributed by atoms with Crippen molar-refractivity contribution in [3.63, 3.8) is 0 Å². The monoisotopic (exact) mass is 287 g/mol. The van der Waals surface area contributed by atoms with Gasteiger partial charge in [-0.05, 0) is 18.6 Å². The Morgan fingerprint density at radius 3 is 3.00 bits per heavy atom. The van der Waals surface area contributed by atoms with E-state index in [0.717, 1.165) is 19.3 Å². The second-order valence-corrected chi connectivity index (χ2v) is 6.05. The highest BCUT2D eigenvalue weighted by atomic mass is 16.5. The number of rotatable bonds is 3. The summed E-state index contributed by atoms with van der Waals surface area (Å²) in [7, 11) is 0. The Kier molecular flexibility index (Phi) is 3.70. The van der Waals surface area contributed by atoms with Gasteiger partial charge in [-0.2, -0.15) is 0 Å². The summed E-state index contributed by atoms with van der Waals surface area (Å²) in [5.74, 6) is 0.972. The number of amides is 1. The molecule has 0 bridgehead atoms. The van der Waals surface area contributed by atoms with Crippen molar-refractivity contribution in [1.82, 2.24) is 4.90 Å². The van der Waals surface area contributed by atoms with E-state index in [4.69, 9.17) is 4.74 Å². The molecule has 0 radical (unpaired) electrons. The molecule has 1 aromatic rings. The first-order chi connectivity index (χ1) is 10.1. The van der Waals surface area contributed by atoms with Crippen LogP contribution in [0.15, 0.2) is 24.3 Å². The summed E-state index contributed by atoms with van der Waals surface area (Å²) in [6, 6.07) is 7.39. The Hall–Kier alpha value is -1.84. The van der Waals surface area contributed by atoms with E-state index in [2.05, 4.69) is 6.92 Å². The molecule has 2 heterocycles. The highest BCUT2D eigenvalue weighted by Gasteiger charge is 2.46. The Morgan fingerprint density at radius 1 is 1.38 bits per heavy atom. The van der Waals surface area contributed by atoms with Crippen molar-refractivity contribution in [1.29, 1.82) is 0 Å². The zero-order valence-electron chi connectivity index (χ0n) is 12.4. The number of ether oxygens (including phenoxy) is 1. The van der Waals surface area contributed by atoms with Gasteiger partial charge in [0, 0.05) is 19.4 Å². The molecule has 3 rings (SSSR count). The number of unbranched alkanes of at least 4 members (excludes halogenated alkanes) is 1. The molecule has 0 N–H and O–H groups in total. The minimum absolute atomic E-state index is 0.125. The Morgan fingerprint density at radius 2 is 2.19 bits per heavy atom. The van der Waals surface area contributed by atoms with Crippen LogP contribution in [-0.4, -0.2) is 35.3 Å². The van der Waals surface area contributed by atoms with E-state index in [-0.39, 0.29) is 11.7 Å². The second kappa shape index (κ2) is 5.51. The van der Waals surface area contributed by atoms with Gasteiger partial charge in [-0.25, -0.2) is 0 Å². The van der Waals surface area contributed by atoms with Crippen LogP contribution in [0.2, 0.25) is 0 Å². The lowest BCUT2D eigenvalue weighted by Crippen LogP contribution is -2.45. The number of likely N-dealkylation sites (tertiary alicyclic amines) is 1. The summed E-state index contributed by atoms with van der Waals surface area (Å²) in [5.41, 5.74) is 0.159. The molecule has 4 heteroatoms. The SMILES string of the molecule is CCCCC(=O)N1CCC2(CC(=O)c3ccccc3O2)C1. The molecule has 1 fully saturated rings. The summed E-state index contributed by atoms with van der Waals surface area (Å²) in [5, 5.41) is 0. The Balaban J connectivity index is 1.73. The van der Waals surface area contributed by atoms with Crippen LogP contribution in [0, 0.1) is 0 Å². The fourth-order valence-electron chi connectivity index (χ4n) is 3.21. The van der Waals surface area contributed by atoms with E-state index < -0.39 is 5.60 Å². The van der Waals surface area contributed by atoms with E-state index in [1.54, 1.807) is 0 Å². The van der Waals surface area contributed by atoms with Crippen molar-refractivity contribution < 1.29 is 14.3 Å². The fourth-order valence-corrected chi connectivity index (χ4v) is 3.21. The standard InChI is InChI=1S/C17H21NO3/c1-2-3-8-16(20)18-10-9-17(12-18)11-14(19)13-6-4-5-7-15(13)21-17/h4-7H,2-3,8-12H2,1H3. The Labute approximate surface area is 125 Å². The van der Waals surface area contributed by atoms with E-state index in [9.17, 15) is 9.59 Å². The largest absolute Gasteiger partial charge is 0.484 e. The zero-order valence-corrected chi connectivity index (χ0v) is 12.4. The average Bonchev–Trinajstić information content (AvgIpc) is 2.88. The van der Waals surface area contributed by atoms with Gasteiger partial charge < -0.3 is 9.64 Å². The van der Waals surface area contributed by atoms with Gasteiger partial charge in [-0.3, -0.25) is 9.59 Å². The molecule has 21 heavy (non-hydrogen) atoms. The van der Waals surface area contributed by atoms with Crippen LogP contribution in [0.4, 0.5) is 0 Å². The van der Waals surface area contributed by atoms with Crippen molar-refractivity contribution in [3.05, 3.63) is 29.8 Å². The Bertz CT molecular complexity index is 569. The van der Waals surface area contributed by atoms with E-state index in [0.29, 0.717) is 37.2 Å². The summed E-state index contributed by atoms with van der Waals surface area (Å²) < 4.78 is 6.12. The van der Waals surface area contributed by atoms with Crippen LogP contribution < -0.4 is 4.74 Å². The first-order valence-electron chi connectivity index (χ1n) is 7.72. The normalized spacial score (nSPS) is 24.0. The predicted octanol–water partition coefficient (Wildman–Crippen LogP) is 2.81. The van der Waals surface area contributed by atoms with Crippen LogP contribution in [0.5, 0.6) is 5.75 Å². The third-order valence-electron chi connectivity index (χ3n) is 4.41. The molecule has 1 atom stereocenters. The molecule has 0 aliphatic carbocycles. The predicted molar refractivity (Wildman–Crippen MR) is 79.5 cm³/mol. The van der Waals surface area contributed by atoms with Gasteiger partial charge in [0.05, 0.1) is 18.5 Å². The number of carbonyl (C=O) groups is 2. The highest BCUT2D eigenvalue weighted by molar-refractivity contribution is 6.00. The number of hydrogen-bond acceptors (Lipinski definition) is 3. The lowest BCUT2D eigenvalue weighted by atomic mass is 9.89. The number of ketones is 1. The number of nitrogens with zero attached hydrogens (tertiary/aromatic N) is 1. The number of carbonyl (C=O) groups excluding carboxylic acids is 2. The molecule has 2 aliphatic heterocycles. The first-order valence-corrected chi connectivity index (χ1v) is 7.72. The van der Waals surface area contributed by atoms with Crippen LogP contribution in [0.25, 0.3) is 0 Å². The van der Waals surface area contributed by atoms with Crippen LogP contribution in [-0.2, 0) is 4.79 Å². The molecule has 1 unspecified atom stereocenters. The molecule has 1 saturated heterocycles. The van der Waals surface area contributed by atoms with Gasteiger partial charge in [0.15, 0.2) is 5.78 Å². The smallest absolute Gasteiger partial charge is 0.222 e. The highest BCUT2D eigenvalue weighted by Crippen LogP contribution is 2.38. The van der Waals surface area contributed by atoms with Crippen molar-refractivity contribution in [2.45, 2.75) is 44.6 Å². The number of Topliss-reactive ketones (excluding diaryl/α,β-unsaturated/α-hetero) is 1. The summed E-state index contributed by atoms with van der Waals surface area (Å²) in [4.78, 5) is 26.3. The number of hydrogen-bond donors (Lipinski definition) is 0. The van der Waals surface area contributed by atoms with Gasteiger partial charge in [0.1, 0.15) is 11.4 Å². The maximum Gasteiger partial charge on any atom is 0.222 e. The topological polar surface area (TPSA) is 46.6 Å². The number of benzene rings is 1. The third-order valence-corrected chi connectivity index (χ3v) is 4.41. The van der Waals surface area contributed by atoms with Crippen LogP contribution in [0.1, 0.15) is 49.4 Å². The molecule has 4 nitrogen and oxygen atoms in total. The average molecular weight is 287 g/mol. The molecule has 0 aromatic heterocycles. The maximum atomic E-state index is 12.3. The minimum Gasteiger partial charge on any atom is -0.484 e. The van der Waals surface area contributed by atoms with Gasteiger partial charge in [0.2, 0.25) is 5.91 Å². The first kappa shape index (κ1) is 14.1. The van der Waals surface area contributed by atoms with Crippen LogP contribution >= 0.6 is 0 Å². The van der Waals surface area contributed by atoms with Crippen molar-refractivity contribution in [2.75, 3.05) is 13.1 Å². The van der Waals surface area contributed by atoms with Crippen molar-refractivity contribution in [2.24, 2.45) is 0 Å². The molecule has 1 spiro atoms. The van der Waals surface area contributed by atoms with Crippen molar-refractivity contribution >= 4 is 11.7 Å². The summed E-state index contributed by atoms with van der Waals surface area (Å²) in [6.07, 6.45) is 3.65. The molecular formula is C17H21NO3. The molecule has 112 valence electrons. The van der Waals surface area contributed by atoms with E-state index >= 15 is 0 Å². The molecule has 0 saturated carbocycles.